The second kappa shape index (κ2) is 4.95. The largest absolute Gasteiger partial charge is 0.395 e. The van der Waals surface area contributed by atoms with Crippen LogP contribution in [0.25, 0.3) is 4.96 Å². The minimum atomic E-state index is 0.139. The second-order valence-corrected chi connectivity index (χ2v) is 5.11. The summed E-state index contributed by atoms with van der Waals surface area (Å²) in [6.07, 6.45) is 4.02. The zero-order chi connectivity index (χ0) is 11.5. The van der Waals surface area contributed by atoms with Crippen LogP contribution < -0.4 is 5.32 Å². The second-order valence-electron chi connectivity index (χ2n) is 4.24. The number of aromatic nitrogens is 2. The van der Waals surface area contributed by atoms with E-state index >= 15 is 0 Å². The monoisotopic (exact) mass is 239 g/mol. The van der Waals surface area contributed by atoms with Crippen molar-refractivity contribution in [3.05, 3.63) is 23.5 Å². The molecule has 2 aromatic rings. The van der Waals surface area contributed by atoms with Gasteiger partial charge in [-0.25, -0.2) is 4.98 Å². The molecule has 2 heterocycles. The molecule has 0 saturated heterocycles. The summed E-state index contributed by atoms with van der Waals surface area (Å²) < 4.78 is 2.02. The zero-order valence-electron chi connectivity index (χ0n) is 9.55. The van der Waals surface area contributed by atoms with Gasteiger partial charge in [0.1, 0.15) is 0 Å². The fourth-order valence-corrected chi connectivity index (χ4v) is 2.33. The summed E-state index contributed by atoms with van der Waals surface area (Å²) in [4.78, 5) is 5.49. The van der Waals surface area contributed by atoms with Gasteiger partial charge < -0.3 is 10.4 Å². The van der Waals surface area contributed by atoms with Gasteiger partial charge >= 0.3 is 0 Å². The highest BCUT2D eigenvalue weighted by Crippen LogP contribution is 2.11. The lowest BCUT2D eigenvalue weighted by molar-refractivity contribution is 0.210. The molecule has 2 N–H and O–H groups in total. The molecule has 0 amide bonds. The molecule has 0 aliphatic heterocycles. The van der Waals surface area contributed by atoms with Gasteiger partial charge in [0.15, 0.2) is 4.96 Å². The summed E-state index contributed by atoms with van der Waals surface area (Å²) in [6.45, 7) is 5.07. The number of thiazole rings is 1. The van der Waals surface area contributed by atoms with Crippen LogP contribution in [0, 0.1) is 5.92 Å². The molecule has 1 atom stereocenters. The van der Waals surface area contributed by atoms with Gasteiger partial charge in [0.05, 0.1) is 12.3 Å². The third-order valence-corrected chi connectivity index (χ3v) is 3.46. The fourth-order valence-electron chi connectivity index (χ4n) is 1.61. The van der Waals surface area contributed by atoms with Gasteiger partial charge in [-0.2, -0.15) is 0 Å². The SMILES string of the molecule is CC(C)C(CO)NCc1cn2ccsc2n1. The molecule has 5 heteroatoms. The van der Waals surface area contributed by atoms with Crippen LogP contribution in [0.2, 0.25) is 0 Å². The third kappa shape index (κ3) is 2.42. The average Bonchev–Trinajstić information content (AvgIpc) is 2.77. The number of nitrogens with one attached hydrogen (secondary N) is 1. The number of imidazole rings is 1. The van der Waals surface area contributed by atoms with E-state index in [0.29, 0.717) is 12.5 Å². The predicted molar refractivity (Wildman–Crippen MR) is 65.6 cm³/mol. The average molecular weight is 239 g/mol. The van der Waals surface area contributed by atoms with Gasteiger partial charge in [-0.15, -0.1) is 11.3 Å². The van der Waals surface area contributed by atoms with Crippen LogP contribution in [0.15, 0.2) is 17.8 Å². The minimum absolute atomic E-state index is 0.139. The van der Waals surface area contributed by atoms with E-state index in [0.717, 1.165) is 10.7 Å². The summed E-state index contributed by atoms with van der Waals surface area (Å²) in [5.74, 6) is 0.425. The van der Waals surface area contributed by atoms with Crippen molar-refractivity contribution in [2.24, 2.45) is 5.92 Å². The number of aliphatic hydroxyl groups is 1. The van der Waals surface area contributed by atoms with E-state index in [4.69, 9.17) is 0 Å². The summed E-state index contributed by atoms with van der Waals surface area (Å²) in [5, 5.41) is 14.5. The Bertz CT molecular complexity index is 420. The Hall–Kier alpha value is -0.910. The summed E-state index contributed by atoms with van der Waals surface area (Å²) in [7, 11) is 0. The van der Waals surface area contributed by atoms with Gasteiger partial charge in [-0.3, -0.25) is 4.40 Å². The molecule has 0 fully saturated rings. The van der Waals surface area contributed by atoms with E-state index in [2.05, 4.69) is 24.1 Å². The maximum Gasteiger partial charge on any atom is 0.193 e. The highest BCUT2D eigenvalue weighted by Gasteiger charge is 2.12. The first kappa shape index (κ1) is 11.6. The van der Waals surface area contributed by atoms with Crippen LogP contribution in [-0.4, -0.2) is 27.1 Å². The molecule has 0 aromatic carbocycles. The van der Waals surface area contributed by atoms with Crippen LogP contribution >= 0.6 is 11.3 Å². The van der Waals surface area contributed by atoms with E-state index in [1.165, 1.54) is 0 Å². The van der Waals surface area contributed by atoms with Crippen LogP contribution in [0.3, 0.4) is 0 Å². The van der Waals surface area contributed by atoms with Crippen molar-refractivity contribution < 1.29 is 5.11 Å². The Kier molecular flexibility index (Phi) is 3.58. The van der Waals surface area contributed by atoms with Crippen molar-refractivity contribution in [3.8, 4) is 0 Å². The first-order chi connectivity index (χ1) is 7.70. The van der Waals surface area contributed by atoms with E-state index in [1.54, 1.807) is 11.3 Å². The molecule has 4 nitrogen and oxygen atoms in total. The Morgan fingerprint density at radius 3 is 3.00 bits per heavy atom. The standard InChI is InChI=1S/C11H17N3OS/c1-8(2)10(7-15)12-5-9-6-14-3-4-16-11(14)13-9/h3-4,6,8,10,12,15H,5,7H2,1-2H3. The molecule has 16 heavy (non-hydrogen) atoms. The lowest BCUT2D eigenvalue weighted by Gasteiger charge is -2.19. The molecule has 0 aliphatic carbocycles. The Labute approximate surface area is 98.9 Å². The molecule has 2 rings (SSSR count). The van der Waals surface area contributed by atoms with Crippen LogP contribution in [0.1, 0.15) is 19.5 Å². The Morgan fingerprint density at radius 2 is 2.38 bits per heavy atom. The molecule has 2 aromatic heterocycles. The zero-order valence-corrected chi connectivity index (χ0v) is 10.4. The van der Waals surface area contributed by atoms with Gasteiger partial charge in [0.25, 0.3) is 0 Å². The van der Waals surface area contributed by atoms with Gasteiger partial charge in [0.2, 0.25) is 0 Å². The number of rotatable bonds is 5. The molecule has 0 saturated carbocycles. The summed E-state index contributed by atoms with van der Waals surface area (Å²) >= 11 is 1.63. The van der Waals surface area contributed by atoms with Crippen molar-refractivity contribution in [3.63, 3.8) is 0 Å². The maximum absolute atomic E-state index is 9.19. The quantitative estimate of drug-likeness (QED) is 0.831. The molecule has 88 valence electrons. The van der Waals surface area contributed by atoms with Crippen LogP contribution in [0.4, 0.5) is 0 Å². The molecule has 0 aliphatic rings. The lowest BCUT2D eigenvalue weighted by Crippen LogP contribution is -2.36. The highest BCUT2D eigenvalue weighted by atomic mass is 32.1. The van der Waals surface area contributed by atoms with E-state index < -0.39 is 0 Å². The maximum atomic E-state index is 9.19. The van der Waals surface area contributed by atoms with Crippen molar-refractivity contribution in [2.75, 3.05) is 6.61 Å². The molecule has 0 radical (unpaired) electrons. The molecular weight excluding hydrogens is 222 g/mol. The number of fused-ring (bicyclic) bond motifs is 1. The van der Waals surface area contributed by atoms with Gasteiger partial charge in [-0.1, -0.05) is 13.8 Å². The lowest BCUT2D eigenvalue weighted by atomic mass is 10.1. The van der Waals surface area contributed by atoms with Crippen molar-refractivity contribution in [1.82, 2.24) is 14.7 Å². The van der Waals surface area contributed by atoms with E-state index in [9.17, 15) is 5.11 Å². The van der Waals surface area contributed by atoms with Crippen molar-refractivity contribution >= 4 is 16.3 Å². The fraction of sp³-hybridized carbons (Fsp3) is 0.545. The molecular formula is C11H17N3OS. The number of aliphatic hydroxyl groups excluding tert-OH is 1. The van der Waals surface area contributed by atoms with Crippen molar-refractivity contribution in [2.45, 2.75) is 26.4 Å². The molecule has 1 unspecified atom stereocenters. The first-order valence-corrected chi connectivity index (χ1v) is 6.34. The molecule has 0 spiro atoms. The predicted octanol–water partition coefficient (Wildman–Crippen LogP) is 1.50. The first-order valence-electron chi connectivity index (χ1n) is 5.46. The number of hydrogen-bond acceptors (Lipinski definition) is 4. The van der Waals surface area contributed by atoms with Gasteiger partial charge in [-0.05, 0) is 5.92 Å². The van der Waals surface area contributed by atoms with Crippen LogP contribution in [0.5, 0.6) is 0 Å². The summed E-state index contributed by atoms with van der Waals surface area (Å²) in [5.41, 5.74) is 1.02. The highest BCUT2D eigenvalue weighted by molar-refractivity contribution is 7.15. The topological polar surface area (TPSA) is 49.6 Å². The normalized spacial score (nSPS) is 13.8. The third-order valence-electron chi connectivity index (χ3n) is 2.69. The number of hydrogen-bond donors (Lipinski definition) is 2. The van der Waals surface area contributed by atoms with E-state index in [1.807, 2.05) is 22.2 Å². The smallest absolute Gasteiger partial charge is 0.193 e. The Morgan fingerprint density at radius 1 is 1.56 bits per heavy atom. The minimum Gasteiger partial charge on any atom is -0.395 e. The van der Waals surface area contributed by atoms with Gasteiger partial charge in [0, 0.05) is 30.4 Å². The Balaban J connectivity index is 1.97. The van der Waals surface area contributed by atoms with Crippen molar-refractivity contribution in [1.29, 1.82) is 0 Å². The summed E-state index contributed by atoms with van der Waals surface area (Å²) in [6, 6.07) is 0.139. The van der Waals surface area contributed by atoms with E-state index in [-0.39, 0.29) is 12.6 Å². The van der Waals surface area contributed by atoms with Crippen LogP contribution in [-0.2, 0) is 6.54 Å². The molecule has 0 bridgehead atoms. The number of nitrogens with zero attached hydrogens (tertiary/aromatic N) is 2.